The van der Waals surface area contributed by atoms with E-state index in [-0.39, 0.29) is 5.82 Å². The van der Waals surface area contributed by atoms with Gasteiger partial charge in [-0.05, 0) is 42.3 Å². The van der Waals surface area contributed by atoms with E-state index >= 15 is 0 Å². The lowest BCUT2D eigenvalue weighted by atomic mass is 10.1. The SMILES string of the molecule is Cc1cc(CN2C=NN(c3cccc(F)c3)C2C=O)ccc1N. The predicted molar refractivity (Wildman–Crippen MR) is 88.4 cm³/mol. The van der Waals surface area contributed by atoms with Gasteiger partial charge in [0.2, 0.25) is 0 Å². The van der Waals surface area contributed by atoms with Gasteiger partial charge in [-0.25, -0.2) is 9.40 Å². The third-order valence-corrected chi connectivity index (χ3v) is 3.81. The van der Waals surface area contributed by atoms with Crippen molar-refractivity contribution in [2.75, 3.05) is 10.7 Å². The highest BCUT2D eigenvalue weighted by atomic mass is 19.1. The van der Waals surface area contributed by atoms with Gasteiger partial charge in [0, 0.05) is 12.2 Å². The number of carbonyl (C=O) groups excluding carboxylic acids is 1. The molecule has 1 aliphatic heterocycles. The number of hydrazone groups is 1. The maximum absolute atomic E-state index is 13.4. The fourth-order valence-electron chi connectivity index (χ4n) is 2.55. The van der Waals surface area contributed by atoms with Gasteiger partial charge in [0.1, 0.15) is 12.2 Å². The van der Waals surface area contributed by atoms with E-state index in [1.54, 1.807) is 23.4 Å². The Labute approximate surface area is 133 Å². The average molecular weight is 312 g/mol. The van der Waals surface area contributed by atoms with E-state index in [1.807, 2.05) is 25.1 Å². The van der Waals surface area contributed by atoms with Crippen molar-refractivity contribution in [1.82, 2.24) is 4.90 Å². The van der Waals surface area contributed by atoms with Crippen molar-refractivity contribution in [2.24, 2.45) is 5.10 Å². The van der Waals surface area contributed by atoms with Crippen LogP contribution in [0.1, 0.15) is 11.1 Å². The van der Waals surface area contributed by atoms with E-state index in [2.05, 4.69) is 5.10 Å². The van der Waals surface area contributed by atoms with E-state index < -0.39 is 6.17 Å². The van der Waals surface area contributed by atoms with Crippen LogP contribution in [0.25, 0.3) is 0 Å². The Balaban J connectivity index is 1.81. The summed E-state index contributed by atoms with van der Waals surface area (Å²) in [6.45, 7) is 2.45. The van der Waals surface area contributed by atoms with E-state index in [4.69, 9.17) is 5.73 Å². The van der Waals surface area contributed by atoms with E-state index in [1.165, 1.54) is 17.1 Å². The predicted octanol–water partition coefficient (Wildman–Crippen LogP) is 2.51. The number of nitrogen functional groups attached to an aromatic ring is 1. The number of nitrogens with zero attached hydrogens (tertiary/aromatic N) is 3. The first-order valence-corrected chi connectivity index (χ1v) is 7.23. The Hall–Kier alpha value is -2.89. The number of anilines is 2. The molecule has 2 N–H and O–H groups in total. The van der Waals surface area contributed by atoms with Crippen LogP contribution in [0.4, 0.5) is 15.8 Å². The van der Waals surface area contributed by atoms with Crippen LogP contribution in [0.3, 0.4) is 0 Å². The number of carbonyl (C=O) groups is 1. The normalized spacial score (nSPS) is 16.9. The number of rotatable bonds is 4. The summed E-state index contributed by atoms with van der Waals surface area (Å²) in [6.07, 6.45) is 1.78. The van der Waals surface area contributed by atoms with Crippen molar-refractivity contribution in [3.63, 3.8) is 0 Å². The summed E-state index contributed by atoms with van der Waals surface area (Å²) in [4.78, 5) is 13.3. The monoisotopic (exact) mass is 312 g/mol. The molecule has 23 heavy (non-hydrogen) atoms. The van der Waals surface area contributed by atoms with Crippen LogP contribution in [-0.2, 0) is 11.3 Å². The molecule has 3 rings (SSSR count). The summed E-state index contributed by atoms with van der Waals surface area (Å²) in [6, 6.07) is 11.8. The summed E-state index contributed by atoms with van der Waals surface area (Å²) in [7, 11) is 0. The average Bonchev–Trinajstić information content (AvgIpc) is 2.93. The first kappa shape index (κ1) is 15.0. The topological polar surface area (TPSA) is 61.9 Å². The van der Waals surface area contributed by atoms with Gasteiger partial charge >= 0.3 is 0 Å². The van der Waals surface area contributed by atoms with Crippen LogP contribution in [0.5, 0.6) is 0 Å². The van der Waals surface area contributed by atoms with Crippen molar-refractivity contribution in [3.8, 4) is 0 Å². The maximum atomic E-state index is 13.4. The standard InChI is InChI=1S/C17H17FN4O/c1-12-7-13(5-6-16(12)19)9-21-11-20-22(17(21)10-23)15-4-2-3-14(18)8-15/h2-8,10-11,17H,9,19H2,1H3. The zero-order valence-electron chi connectivity index (χ0n) is 12.7. The molecule has 0 spiro atoms. The Morgan fingerprint density at radius 2 is 2.13 bits per heavy atom. The lowest BCUT2D eigenvalue weighted by Gasteiger charge is -2.26. The smallest absolute Gasteiger partial charge is 0.181 e. The molecule has 5 nitrogen and oxygen atoms in total. The molecule has 118 valence electrons. The van der Waals surface area contributed by atoms with Crippen molar-refractivity contribution in [3.05, 3.63) is 59.4 Å². The van der Waals surface area contributed by atoms with Crippen molar-refractivity contribution < 1.29 is 9.18 Å². The molecule has 1 heterocycles. The lowest BCUT2D eigenvalue weighted by molar-refractivity contribution is -0.111. The van der Waals surface area contributed by atoms with Crippen molar-refractivity contribution >= 4 is 24.0 Å². The number of benzene rings is 2. The fraction of sp³-hybridized carbons (Fsp3) is 0.176. The fourth-order valence-corrected chi connectivity index (χ4v) is 2.55. The minimum Gasteiger partial charge on any atom is -0.399 e. The molecular formula is C17H17FN4O. The third-order valence-electron chi connectivity index (χ3n) is 3.81. The molecule has 1 aliphatic rings. The number of aryl methyl sites for hydroxylation is 1. The van der Waals surface area contributed by atoms with Gasteiger partial charge < -0.3 is 10.6 Å². The van der Waals surface area contributed by atoms with Gasteiger partial charge in [-0.1, -0.05) is 18.2 Å². The second-order valence-electron chi connectivity index (χ2n) is 5.47. The highest BCUT2D eigenvalue weighted by molar-refractivity contribution is 5.76. The minimum absolute atomic E-state index is 0.366. The Morgan fingerprint density at radius 3 is 2.83 bits per heavy atom. The first-order valence-electron chi connectivity index (χ1n) is 7.23. The largest absolute Gasteiger partial charge is 0.399 e. The molecular weight excluding hydrogens is 295 g/mol. The molecule has 0 amide bonds. The van der Waals surface area contributed by atoms with Crippen LogP contribution >= 0.6 is 0 Å². The summed E-state index contributed by atoms with van der Waals surface area (Å²) < 4.78 is 13.4. The summed E-state index contributed by atoms with van der Waals surface area (Å²) in [5.74, 6) is -0.366. The Morgan fingerprint density at radius 1 is 1.30 bits per heavy atom. The molecule has 2 aromatic carbocycles. The molecule has 2 aromatic rings. The number of aldehydes is 1. The van der Waals surface area contributed by atoms with Crippen LogP contribution in [0.2, 0.25) is 0 Å². The van der Waals surface area contributed by atoms with Gasteiger partial charge in [-0.15, -0.1) is 0 Å². The lowest BCUT2D eigenvalue weighted by Crippen LogP contribution is -2.40. The zero-order valence-corrected chi connectivity index (χ0v) is 12.7. The molecule has 6 heteroatoms. The molecule has 1 atom stereocenters. The van der Waals surface area contributed by atoms with Gasteiger partial charge in [-0.2, -0.15) is 5.10 Å². The third kappa shape index (κ3) is 3.01. The van der Waals surface area contributed by atoms with Gasteiger partial charge in [0.15, 0.2) is 12.5 Å². The summed E-state index contributed by atoms with van der Waals surface area (Å²) in [5, 5.41) is 5.73. The number of nitrogens with two attached hydrogens (primary N) is 1. The molecule has 0 saturated heterocycles. The van der Waals surface area contributed by atoms with E-state index in [0.29, 0.717) is 12.2 Å². The highest BCUT2D eigenvalue weighted by Gasteiger charge is 2.28. The van der Waals surface area contributed by atoms with Gasteiger partial charge in [-0.3, -0.25) is 4.79 Å². The number of hydrogen-bond acceptors (Lipinski definition) is 5. The first-order chi connectivity index (χ1) is 11.1. The molecule has 0 radical (unpaired) electrons. The van der Waals surface area contributed by atoms with E-state index in [9.17, 15) is 9.18 Å². The van der Waals surface area contributed by atoms with Crippen LogP contribution < -0.4 is 10.7 Å². The van der Waals surface area contributed by atoms with Crippen LogP contribution in [0, 0.1) is 12.7 Å². The molecule has 1 unspecified atom stereocenters. The quantitative estimate of drug-likeness (QED) is 0.696. The summed E-state index contributed by atoms with van der Waals surface area (Å²) in [5.41, 5.74) is 9.11. The zero-order chi connectivity index (χ0) is 16.4. The van der Waals surface area contributed by atoms with Crippen molar-refractivity contribution in [2.45, 2.75) is 19.6 Å². The minimum atomic E-state index is -0.602. The highest BCUT2D eigenvalue weighted by Crippen LogP contribution is 2.24. The molecule has 0 saturated carbocycles. The van der Waals surface area contributed by atoms with E-state index in [0.717, 1.165) is 23.1 Å². The molecule has 0 bridgehead atoms. The molecule has 0 fully saturated rings. The van der Waals surface area contributed by atoms with Gasteiger partial charge in [0.05, 0.1) is 5.69 Å². The van der Waals surface area contributed by atoms with Gasteiger partial charge in [0.25, 0.3) is 0 Å². The second kappa shape index (κ2) is 6.08. The van der Waals surface area contributed by atoms with Crippen LogP contribution in [-0.4, -0.2) is 23.7 Å². The molecule has 0 aliphatic carbocycles. The van der Waals surface area contributed by atoms with Crippen molar-refractivity contribution in [1.29, 1.82) is 0 Å². The molecule has 0 aromatic heterocycles. The Bertz CT molecular complexity index is 762. The van der Waals surface area contributed by atoms with Crippen LogP contribution in [0.15, 0.2) is 47.6 Å². The summed E-state index contributed by atoms with van der Waals surface area (Å²) >= 11 is 0. The second-order valence-corrected chi connectivity index (χ2v) is 5.47. The number of hydrogen-bond donors (Lipinski definition) is 1. The number of halogens is 1. The Kier molecular flexibility index (Phi) is 3.97. The maximum Gasteiger partial charge on any atom is 0.181 e.